The van der Waals surface area contributed by atoms with E-state index in [1.54, 1.807) is 30.3 Å². The van der Waals surface area contributed by atoms with E-state index in [0.717, 1.165) is 0 Å². The molecule has 11 nitrogen and oxygen atoms in total. The number of H-pyrrole nitrogens is 1. The Morgan fingerprint density at radius 1 is 1.29 bits per heavy atom. The van der Waals surface area contributed by atoms with Gasteiger partial charge in [0.05, 0.1) is 16.8 Å². The van der Waals surface area contributed by atoms with Gasteiger partial charge in [-0.05, 0) is 6.07 Å². The van der Waals surface area contributed by atoms with Gasteiger partial charge in [0.25, 0.3) is 11.2 Å². The predicted molar refractivity (Wildman–Crippen MR) is 114 cm³/mol. The van der Waals surface area contributed by atoms with Crippen molar-refractivity contribution in [3.05, 3.63) is 80.1 Å². The second-order valence-electron chi connectivity index (χ2n) is 6.20. The first-order valence-electron chi connectivity index (χ1n) is 8.84. The van der Waals surface area contributed by atoms with Gasteiger partial charge in [0.1, 0.15) is 17.3 Å². The summed E-state index contributed by atoms with van der Waals surface area (Å²) in [6, 6.07) is 14.7. The van der Waals surface area contributed by atoms with E-state index >= 15 is 0 Å². The van der Waals surface area contributed by atoms with Crippen LogP contribution in [0.1, 0.15) is 18.1 Å². The highest BCUT2D eigenvalue weighted by molar-refractivity contribution is 5.92. The highest BCUT2D eigenvalue weighted by Crippen LogP contribution is 2.25. The SMILES string of the molecule is CC(=O)Nc1ccc(C=NNc2nc(-c3ccccc3)c(C#N)c(=O)[nH]2)cc1[N+](=O)[O-]. The Hall–Kier alpha value is -4.85. The van der Waals surface area contributed by atoms with Crippen LogP contribution in [0.2, 0.25) is 0 Å². The summed E-state index contributed by atoms with van der Waals surface area (Å²) in [6.45, 7) is 1.25. The molecule has 11 heteroatoms. The molecule has 0 radical (unpaired) electrons. The van der Waals surface area contributed by atoms with Crippen molar-refractivity contribution < 1.29 is 9.72 Å². The Morgan fingerprint density at radius 2 is 2.03 bits per heavy atom. The van der Waals surface area contributed by atoms with Gasteiger partial charge in [-0.2, -0.15) is 10.4 Å². The van der Waals surface area contributed by atoms with E-state index in [1.165, 1.54) is 31.3 Å². The first kappa shape index (κ1) is 20.9. The van der Waals surface area contributed by atoms with Crippen LogP contribution in [0.25, 0.3) is 11.3 Å². The number of carbonyl (C=O) groups excluding carboxylic acids is 1. The van der Waals surface area contributed by atoms with Crippen molar-refractivity contribution in [3.8, 4) is 17.3 Å². The Kier molecular flexibility index (Phi) is 6.13. The number of hydrogen-bond acceptors (Lipinski definition) is 8. The van der Waals surface area contributed by atoms with Crippen LogP contribution in [0.3, 0.4) is 0 Å². The molecule has 31 heavy (non-hydrogen) atoms. The van der Waals surface area contributed by atoms with E-state index in [4.69, 9.17) is 0 Å². The zero-order chi connectivity index (χ0) is 22.4. The molecule has 0 bridgehead atoms. The molecule has 0 unspecified atom stereocenters. The van der Waals surface area contributed by atoms with Crippen LogP contribution in [0, 0.1) is 21.4 Å². The number of rotatable bonds is 6. The summed E-state index contributed by atoms with van der Waals surface area (Å²) in [5, 5.41) is 26.8. The maximum absolute atomic E-state index is 12.2. The van der Waals surface area contributed by atoms with E-state index < -0.39 is 16.4 Å². The predicted octanol–water partition coefficient (Wildman–Crippen LogP) is 2.62. The van der Waals surface area contributed by atoms with Gasteiger partial charge in [0.2, 0.25) is 11.9 Å². The van der Waals surface area contributed by atoms with Crippen LogP contribution in [-0.2, 0) is 4.79 Å². The number of nitrogens with one attached hydrogen (secondary N) is 3. The molecule has 2 aromatic carbocycles. The smallest absolute Gasteiger partial charge is 0.293 e. The Bertz CT molecular complexity index is 1280. The first-order chi connectivity index (χ1) is 14.9. The molecule has 1 aromatic heterocycles. The van der Waals surface area contributed by atoms with Crippen molar-refractivity contribution in [2.75, 3.05) is 10.7 Å². The lowest BCUT2D eigenvalue weighted by Gasteiger charge is -2.06. The molecule has 0 spiro atoms. The minimum atomic E-state index is -0.635. The zero-order valence-corrected chi connectivity index (χ0v) is 16.1. The fourth-order valence-electron chi connectivity index (χ4n) is 2.68. The molecule has 0 saturated carbocycles. The number of nitro groups is 1. The Labute approximate surface area is 175 Å². The highest BCUT2D eigenvalue weighted by atomic mass is 16.6. The monoisotopic (exact) mass is 417 g/mol. The topological polar surface area (TPSA) is 166 Å². The van der Waals surface area contributed by atoms with E-state index in [2.05, 4.69) is 25.8 Å². The molecular formula is C20H15N7O4. The van der Waals surface area contributed by atoms with Crippen LogP contribution in [0.4, 0.5) is 17.3 Å². The quantitative estimate of drug-likeness (QED) is 0.315. The number of nitrogens with zero attached hydrogens (tertiary/aromatic N) is 4. The van der Waals surface area contributed by atoms with Crippen LogP contribution < -0.4 is 16.3 Å². The summed E-state index contributed by atoms with van der Waals surface area (Å²) in [5.41, 5.74) is 2.69. The van der Waals surface area contributed by atoms with Crippen LogP contribution >= 0.6 is 0 Å². The number of nitro benzene ring substituents is 1. The van der Waals surface area contributed by atoms with Crippen molar-refractivity contribution >= 4 is 29.4 Å². The lowest BCUT2D eigenvalue weighted by molar-refractivity contribution is -0.383. The maximum atomic E-state index is 12.2. The molecule has 154 valence electrons. The molecule has 0 atom stereocenters. The number of aromatic amines is 1. The number of nitriles is 1. The van der Waals surface area contributed by atoms with Gasteiger partial charge in [0, 0.05) is 24.1 Å². The van der Waals surface area contributed by atoms with Gasteiger partial charge >= 0.3 is 0 Å². The summed E-state index contributed by atoms with van der Waals surface area (Å²) in [7, 11) is 0. The lowest BCUT2D eigenvalue weighted by atomic mass is 10.1. The molecule has 3 N–H and O–H groups in total. The number of amides is 1. The van der Waals surface area contributed by atoms with Gasteiger partial charge < -0.3 is 5.32 Å². The minimum absolute atomic E-state index is 0.0107. The van der Waals surface area contributed by atoms with E-state index in [9.17, 15) is 25.0 Å². The largest absolute Gasteiger partial charge is 0.321 e. The third-order valence-electron chi connectivity index (χ3n) is 3.99. The molecule has 0 aliphatic carbocycles. The molecular weight excluding hydrogens is 402 g/mol. The Balaban J connectivity index is 1.88. The van der Waals surface area contributed by atoms with Gasteiger partial charge in [-0.3, -0.25) is 24.7 Å². The zero-order valence-electron chi connectivity index (χ0n) is 16.1. The van der Waals surface area contributed by atoms with Crippen LogP contribution in [-0.4, -0.2) is 27.0 Å². The third kappa shape index (κ3) is 4.96. The number of hydrogen-bond donors (Lipinski definition) is 3. The van der Waals surface area contributed by atoms with Crippen LogP contribution in [0.5, 0.6) is 0 Å². The second-order valence-corrected chi connectivity index (χ2v) is 6.20. The van der Waals surface area contributed by atoms with E-state index in [1.807, 2.05) is 6.07 Å². The van der Waals surface area contributed by atoms with Crippen molar-refractivity contribution in [3.63, 3.8) is 0 Å². The first-order valence-corrected chi connectivity index (χ1v) is 8.84. The number of anilines is 2. The van der Waals surface area contributed by atoms with Crippen molar-refractivity contribution in [2.24, 2.45) is 5.10 Å². The number of benzene rings is 2. The number of hydrazone groups is 1. The summed E-state index contributed by atoms with van der Waals surface area (Å²) in [5.74, 6) is -0.445. The van der Waals surface area contributed by atoms with Gasteiger partial charge in [-0.15, -0.1) is 0 Å². The molecule has 0 fully saturated rings. The lowest BCUT2D eigenvalue weighted by Crippen LogP contribution is -2.16. The standard InChI is InChI=1S/C20H15N7O4/c1-12(28)23-16-8-7-13(9-17(16)27(30)31)11-22-26-20-24-18(14-5-3-2-4-6-14)15(10-21)19(29)25-20/h2-9,11H,1H3,(H,23,28)(H2,24,25,26,29). The van der Waals surface area contributed by atoms with E-state index in [0.29, 0.717) is 11.1 Å². The fraction of sp³-hybridized carbons (Fsp3) is 0.0500. The third-order valence-corrected chi connectivity index (χ3v) is 3.99. The number of carbonyl (C=O) groups is 1. The molecule has 3 rings (SSSR count). The van der Waals surface area contributed by atoms with Crippen LogP contribution in [0.15, 0.2) is 58.4 Å². The van der Waals surface area contributed by atoms with Crippen molar-refractivity contribution in [1.82, 2.24) is 9.97 Å². The molecule has 1 amide bonds. The maximum Gasteiger partial charge on any atom is 0.293 e. The van der Waals surface area contributed by atoms with Gasteiger partial charge in [-0.1, -0.05) is 36.4 Å². The summed E-state index contributed by atoms with van der Waals surface area (Å²) in [4.78, 5) is 40.7. The average Bonchev–Trinajstić information content (AvgIpc) is 2.74. The summed E-state index contributed by atoms with van der Waals surface area (Å²) < 4.78 is 0. The Morgan fingerprint density at radius 3 is 2.68 bits per heavy atom. The van der Waals surface area contributed by atoms with Gasteiger partial charge in [0.15, 0.2) is 0 Å². The summed E-state index contributed by atoms with van der Waals surface area (Å²) >= 11 is 0. The molecule has 1 heterocycles. The van der Waals surface area contributed by atoms with Crippen molar-refractivity contribution in [2.45, 2.75) is 6.92 Å². The second kappa shape index (κ2) is 9.10. The summed E-state index contributed by atoms with van der Waals surface area (Å²) in [6.07, 6.45) is 1.28. The van der Waals surface area contributed by atoms with Crippen molar-refractivity contribution in [1.29, 1.82) is 5.26 Å². The normalized spacial score (nSPS) is 10.5. The fourth-order valence-corrected chi connectivity index (χ4v) is 2.68. The molecule has 0 saturated heterocycles. The molecule has 0 aliphatic rings. The minimum Gasteiger partial charge on any atom is -0.321 e. The average molecular weight is 417 g/mol. The number of aromatic nitrogens is 2. The van der Waals surface area contributed by atoms with Gasteiger partial charge in [-0.25, -0.2) is 10.4 Å². The molecule has 0 aliphatic heterocycles. The highest BCUT2D eigenvalue weighted by Gasteiger charge is 2.15. The molecule has 3 aromatic rings. The van der Waals surface area contributed by atoms with E-state index in [-0.39, 0.29) is 28.6 Å².